The summed E-state index contributed by atoms with van der Waals surface area (Å²) < 4.78 is 17.3. The van der Waals surface area contributed by atoms with E-state index in [0.29, 0.717) is 28.4 Å². The van der Waals surface area contributed by atoms with Gasteiger partial charge in [-0.3, -0.25) is 9.59 Å². The van der Waals surface area contributed by atoms with Gasteiger partial charge in [0.2, 0.25) is 0 Å². The quantitative estimate of drug-likeness (QED) is 0.607. The Hall–Kier alpha value is -3.74. The lowest BCUT2D eigenvalue weighted by molar-refractivity contribution is -0.105. The maximum Gasteiger partial charge on any atom is 0.291 e. The van der Waals surface area contributed by atoms with Crippen molar-refractivity contribution < 1.29 is 23.5 Å². The first kappa shape index (κ1) is 19.2. The number of anilines is 2. The molecule has 1 aromatic heterocycles. The highest BCUT2D eigenvalue weighted by molar-refractivity contribution is 6.06. The molecular weight excluding hydrogens is 396 g/mol. The number of carbonyl (C=O) groups excluding carboxylic acids is 2. The smallest absolute Gasteiger partial charge is 0.291 e. The summed E-state index contributed by atoms with van der Waals surface area (Å²) in [4.78, 5) is 24.9. The van der Waals surface area contributed by atoms with Gasteiger partial charge in [-0.2, -0.15) is 0 Å². The van der Waals surface area contributed by atoms with Gasteiger partial charge < -0.3 is 24.5 Å². The van der Waals surface area contributed by atoms with Crippen molar-refractivity contribution in [2.24, 2.45) is 0 Å². The average molecular weight is 418 g/mol. The van der Waals surface area contributed by atoms with Crippen LogP contribution in [0.3, 0.4) is 0 Å². The molecule has 7 heteroatoms. The number of fused-ring (bicyclic) bond motifs is 1. The maximum atomic E-state index is 12.8. The summed E-state index contributed by atoms with van der Waals surface area (Å²) in [5, 5.41) is 5.60. The summed E-state index contributed by atoms with van der Waals surface area (Å²) in [7, 11) is 0. The summed E-state index contributed by atoms with van der Waals surface area (Å²) in [6, 6.07) is 15.3. The van der Waals surface area contributed by atoms with Crippen LogP contribution in [0.15, 0.2) is 65.3 Å². The van der Waals surface area contributed by atoms with Crippen molar-refractivity contribution in [1.29, 1.82) is 0 Å². The highest BCUT2D eigenvalue weighted by atomic mass is 16.7. The monoisotopic (exact) mass is 418 g/mol. The molecule has 2 heterocycles. The second kappa shape index (κ2) is 7.83. The molecule has 2 amide bonds. The molecule has 1 fully saturated rings. The zero-order valence-electron chi connectivity index (χ0n) is 16.9. The second-order valence-electron chi connectivity index (χ2n) is 7.80. The van der Waals surface area contributed by atoms with Crippen LogP contribution in [-0.2, 0) is 0 Å². The standard InChI is InChI=1S/C24H22N2O5/c27-22(16-6-4-7-17(14-16)26-23(28)20-8-5-13-29-20)25-18-9-10-19-21(15-18)31-24(30-19)11-2-1-3-12-24/h4-10,13-15H,1-3,11-12H2,(H,25,27)(H,26,28). The third-order valence-electron chi connectivity index (χ3n) is 5.54. The topological polar surface area (TPSA) is 89.8 Å². The Labute approximate surface area is 179 Å². The van der Waals surface area contributed by atoms with Gasteiger partial charge in [0.05, 0.1) is 6.26 Å². The molecule has 7 nitrogen and oxygen atoms in total. The first-order valence-electron chi connectivity index (χ1n) is 10.4. The van der Waals surface area contributed by atoms with Crippen LogP contribution >= 0.6 is 0 Å². The lowest BCUT2D eigenvalue weighted by atomic mass is 9.94. The number of hydrogen-bond acceptors (Lipinski definition) is 5. The minimum atomic E-state index is -0.552. The van der Waals surface area contributed by atoms with Gasteiger partial charge in [0.25, 0.3) is 17.6 Å². The van der Waals surface area contributed by atoms with Crippen LogP contribution in [0.2, 0.25) is 0 Å². The van der Waals surface area contributed by atoms with Crippen LogP contribution in [0, 0.1) is 0 Å². The second-order valence-corrected chi connectivity index (χ2v) is 7.80. The van der Waals surface area contributed by atoms with E-state index in [0.717, 1.165) is 25.7 Å². The third-order valence-corrected chi connectivity index (χ3v) is 5.54. The molecule has 1 aliphatic carbocycles. The molecule has 1 aliphatic heterocycles. The van der Waals surface area contributed by atoms with E-state index >= 15 is 0 Å². The van der Waals surface area contributed by atoms with E-state index in [2.05, 4.69) is 10.6 Å². The summed E-state index contributed by atoms with van der Waals surface area (Å²) >= 11 is 0. The summed E-state index contributed by atoms with van der Waals surface area (Å²) in [6.45, 7) is 0. The number of hydrogen-bond donors (Lipinski definition) is 2. The van der Waals surface area contributed by atoms with Crippen LogP contribution in [0.1, 0.15) is 53.0 Å². The van der Waals surface area contributed by atoms with E-state index in [4.69, 9.17) is 13.9 Å². The fraction of sp³-hybridized carbons (Fsp3) is 0.250. The summed E-state index contributed by atoms with van der Waals surface area (Å²) in [5.41, 5.74) is 1.53. The van der Waals surface area contributed by atoms with Crippen molar-refractivity contribution in [2.45, 2.75) is 37.9 Å². The SMILES string of the molecule is O=C(Nc1ccc2c(c1)OC1(CCCCC1)O2)c1cccc(NC(=O)c2ccco2)c1. The van der Waals surface area contributed by atoms with Crippen molar-refractivity contribution in [2.75, 3.05) is 10.6 Å². The van der Waals surface area contributed by atoms with Crippen LogP contribution < -0.4 is 20.1 Å². The molecule has 1 spiro atoms. The number of nitrogens with one attached hydrogen (secondary N) is 2. The molecule has 2 N–H and O–H groups in total. The Bertz CT molecular complexity index is 1120. The van der Waals surface area contributed by atoms with Gasteiger partial charge in [-0.05, 0) is 55.3 Å². The number of carbonyl (C=O) groups is 2. The lowest BCUT2D eigenvalue weighted by Crippen LogP contribution is -2.40. The minimum Gasteiger partial charge on any atom is -0.459 e. The zero-order valence-corrected chi connectivity index (χ0v) is 16.9. The van der Waals surface area contributed by atoms with E-state index in [1.807, 2.05) is 6.07 Å². The van der Waals surface area contributed by atoms with Gasteiger partial charge in [0.1, 0.15) is 0 Å². The van der Waals surface area contributed by atoms with Crippen molar-refractivity contribution in [3.8, 4) is 11.5 Å². The van der Waals surface area contributed by atoms with Gasteiger partial charge >= 0.3 is 0 Å². The van der Waals surface area contributed by atoms with E-state index in [1.165, 1.54) is 12.7 Å². The number of furan rings is 1. The normalized spacial score (nSPS) is 16.1. The molecule has 0 unspecified atom stereocenters. The van der Waals surface area contributed by atoms with Crippen LogP contribution in [0.25, 0.3) is 0 Å². The number of benzene rings is 2. The fourth-order valence-corrected chi connectivity index (χ4v) is 4.01. The van der Waals surface area contributed by atoms with Crippen LogP contribution in [-0.4, -0.2) is 17.6 Å². The van der Waals surface area contributed by atoms with Crippen molar-refractivity contribution in [3.05, 3.63) is 72.2 Å². The largest absolute Gasteiger partial charge is 0.459 e. The fourth-order valence-electron chi connectivity index (χ4n) is 4.01. The molecule has 3 aromatic rings. The molecule has 0 bridgehead atoms. The minimum absolute atomic E-state index is 0.200. The Morgan fingerprint density at radius 2 is 1.55 bits per heavy atom. The number of ether oxygens (including phenoxy) is 2. The van der Waals surface area contributed by atoms with Crippen LogP contribution in [0.5, 0.6) is 11.5 Å². The Morgan fingerprint density at radius 3 is 2.35 bits per heavy atom. The van der Waals surface area contributed by atoms with Crippen molar-refractivity contribution >= 4 is 23.2 Å². The zero-order chi connectivity index (χ0) is 21.3. The predicted octanol–water partition coefficient (Wildman–Crippen LogP) is 5.22. The molecule has 0 radical (unpaired) electrons. The molecule has 5 rings (SSSR count). The van der Waals surface area contributed by atoms with E-state index < -0.39 is 5.79 Å². The average Bonchev–Trinajstić information content (AvgIpc) is 3.42. The van der Waals surface area contributed by atoms with E-state index in [9.17, 15) is 9.59 Å². The molecule has 2 aromatic carbocycles. The maximum absolute atomic E-state index is 12.8. The predicted molar refractivity (Wildman–Crippen MR) is 115 cm³/mol. The first-order chi connectivity index (χ1) is 15.1. The highest BCUT2D eigenvalue weighted by Gasteiger charge is 2.42. The van der Waals surface area contributed by atoms with Crippen molar-refractivity contribution in [1.82, 2.24) is 0 Å². The molecule has 2 aliphatic rings. The lowest BCUT2D eigenvalue weighted by Gasteiger charge is -2.31. The van der Waals surface area contributed by atoms with E-state index in [-0.39, 0.29) is 17.6 Å². The Kier molecular flexibility index (Phi) is 4.86. The molecule has 158 valence electrons. The molecular formula is C24H22N2O5. The highest BCUT2D eigenvalue weighted by Crippen LogP contribution is 2.46. The summed E-state index contributed by atoms with van der Waals surface area (Å²) in [6.07, 6.45) is 6.56. The summed E-state index contributed by atoms with van der Waals surface area (Å²) in [5.74, 6) is 0.340. The van der Waals surface area contributed by atoms with E-state index in [1.54, 1.807) is 48.5 Å². The molecule has 1 saturated carbocycles. The molecule has 0 saturated heterocycles. The van der Waals surface area contributed by atoms with Gasteiger partial charge in [-0.25, -0.2) is 0 Å². The van der Waals surface area contributed by atoms with Gasteiger partial charge in [0.15, 0.2) is 17.3 Å². The van der Waals surface area contributed by atoms with Gasteiger partial charge in [0, 0.05) is 35.8 Å². The third kappa shape index (κ3) is 3.99. The molecule has 31 heavy (non-hydrogen) atoms. The Balaban J connectivity index is 1.27. The first-order valence-corrected chi connectivity index (χ1v) is 10.4. The molecule has 0 atom stereocenters. The van der Waals surface area contributed by atoms with Gasteiger partial charge in [-0.15, -0.1) is 0 Å². The van der Waals surface area contributed by atoms with Crippen LogP contribution in [0.4, 0.5) is 11.4 Å². The number of amides is 2. The Morgan fingerprint density at radius 1 is 0.774 bits per heavy atom. The number of rotatable bonds is 4. The van der Waals surface area contributed by atoms with Crippen molar-refractivity contribution in [3.63, 3.8) is 0 Å². The van der Waals surface area contributed by atoms with Gasteiger partial charge in [-0.1, -0.05) is 12.5 Å².